The molecule has 1 aromatic rings. The molecule has 6 heteroatoms. The molecule has 6 nitrogen and oxygen atoms in total. The first-order valence-corrected chi connectivity index (χ1v) is 5.00. The molecule has 2 amide bonds. The fourth-order valence-corrected chi connectivity index (χ4v) is 1.21. The number of phenols is 1. The van der Waals surface area contributed by atoms with Gasteiger partial charge in [-0.05, 0) is 30.7 Å². The van der Waals surface area contributed by atoms with Gasteiger partial charge < -0.3 is 20.9 Å². The molecule has 0 atom stereocenters. The molecule has 0 aromatic heterocycles. The second kappa shape index (κ2) is 5.74. The van der Waals surface area contributed by atoms with Crippen LogP contribution in [0.25, 0.3) is 0 Å². The number of hydrogen-bond acceptors (Lipinski definition) is 4. The number of aryl methyl sites for hydroxylation is 1. The van der Waals surface area contributed by atoms with E-state index in [4.69, 9.17) is 5.73 Å². The minimum absolute atomic E-state index is 0.0259. The van der Waals surface area contributed by atoms with E-state index in [0.717, 1.165) is 0 Å². The normalized spacial score (nSPS) is 9.71. The summed E-state index contributed by atoms with van der Waals surface area (Å²) in [6, 6.07) is 4.52. The molecule has 0 saturated carbocycles. The Bertz CT molecular complexity index is 431. The SMILES string of the molecule is Cc1cc(C(=O)NCCOC(N)=O)ccc1O. The number of rotatable bonds is 4. The lowest BCUT2D eigenvalue weighted by Gasteiger charge is -2.06. The highest BCUT2D eigenvalue weighted by Gasteiger charge is 2.06. The minimum atomic E-state index is -0.875. The summed E-state index contributed by atoms with van der Waals surface area (Å²) >= 11 is 0. The summed E-state index contributed by atoms with van der Waals surface area (Å²) in [6.07, 6.45) is -0.875. The van der Waals surface area contributed by atoms with Crippen molar-refractivity contribution in [2.45, 2.75) is 6.92 Å². The van der Waals surface area contributed by atoms with E-state index < -0.39 is 6.09 Å². The topological polar surface area (TPSA) is 102 Å². The second-order valence-corrected chi connectivity index (χ2v) is 3.42. The third kappa shape index (κ3) is 4.02. The Morgan fingerprint density at radius 1 is 1.47 bits per heavy atom. The maximum absolute atomic E-state index is 11.6. The molecule has 0 fully saturated rings. The fourth-order valence-electron chi connectivity index (χ4n) is 1.21. The molecule has 0 bridgehead atoms. The Kier molecular flexibility index (Phi) is 4.33. The Hall–Kier alpha value is -2.24. The van der Waals surface area contributed by atoms with Gasteiger partial charge >= 0.3 is 6.09 Å². The predicted octanol–water partition coefficient (Wildman–Crippen LogP) is 0.526. The zero-order valence-corrected chi connectivity index (χ0v) is 9.40. The Morgan fingerprint density at radius 3 is 2.76 bits per heavy atom. The van der Waals surface area contributed by atoms with Gasteiger partial charge in [-0.1, -0.05) is 0 Å². The number of amides is 2. The summed E-state index contributed by atoms with van der Waals surface area (Å²) in [7, 11) is 0. The van der Waals surface area contributed by atoms with Gasteiger partial charge in [0.25, 0.3) is 5.91 Å². The van der Waals surface area contributed by atoms with Gasteiger partial charge in [-0.3, -0.25) is 4.79 Å². The lowest BCUT2D eigenvalue weighted by atomic mass is 10.1. The van der Waals surface area contributed by atoms with E-state index in [1.54, 1.807) is 13.0 Å². The largest absolute Gasteiger partial charge is 0.508 e. The number of nitrogens with two attached hydrogens (primary N) is 1. The lowest BCUT2D eigenvalue weighted by Crippen LogP contribution is -2.29. The van der Waals surface area contributed by atoms with E-state index in [1.165, 1.54) is 12.1 Å². The van der Waals surface area contributed by atoms with Crippen molar-refractivity contribution in [3.05, 3.63) is 29.3 Å². The van der Waals surface area contributed by atoms with Crippen molar-refractivity contribution in [3.63, 3.8) is 0 Å². The van der Waals surface area contributed by atoms with Crippen LogP contribution in [-0.2, 0) is 4.74 Å². The van der Waals surface area contributed by atoms with Crippen molar-refractivity contribution >= 4 is 12.0 Å². The van der Waals surface area contributed by atoms with Crippen LogP contribution in [0.15, 0.2) is 18.2 Å². The summed E-state index contributed by atoms with van der Waals surface area (Å²) in [4.78, 5) is 21.8. The van der Waals surface area contributed by atoms with Crippen LogP contribution in [0.2, 0.25) is 0 Å². The molecule has 0 aliphatic rings. The number of phenolic OH excluding ortho intramolecular Hbond substituents is 1. The second-order valence-electron chi connectivity index (χ2n) is 3.42. The van der Waals surface area contributed by atoms with E-state index in [1.807, 2.05) is 0 Å². The molecule has 0 saturated heterocycles. The number of nitrogens with one attached hydrogen (secondary N) is 1. The monoisotopic (exact) mass is 238 g/mol. The van der Waals surface area contributed by atoms with Gasteiger partial charge in [0.05, 0.1) is 6.54 Å². The van der Waals surface area contributed by atoms with Crippen LogP contribution in [0, 0.1) is 6.92 Å². The van der Waals surface area contributed by atoms with Gasteiger partial charge in [0.1, 0.15) is 12.4 Å². The Balaban J connectivity index is 2.47. The lowest BCUT2D eigenvalue weighted by molar-refractivity contribution is 0.0936. The summed E-state index contributed by atoms with van der Waals surface area (Å²) in [5.41, 5.74) is 5.80. The predicted molar refractivity (Wildman–Crippen MR) is 60.7 cm³/mol. The standard InChI is InChI=1S/C11H14N2O4/c1-7-6-8(2-3-9(7)14)10(15)13-4-5-17-11(12)16/h2-3,6,14H,4-5H2,1H3,(H2,12,16)(H,13,15). The van der Waals surface area contributed by atoms with Gasteiger partial charge in [-0.2, -0.15) is 0 Å². The highest BCUT2D eigenvalue weighted by atomic mass is 16.5. The maximum Gasteiger partial charge on any atom is 0.404 e. The van der Waals surface area contributed by atoms with Gasteiger partial charge in [0, 0.05) is 5.56 Å². The molecular weight excluding hydrogens is 224 g/mol. The highest BCUT2D eigenvalue weighted by Crippen LogP contribution is 2.16. The van der Waals surface area contributed by atoms with Crippen molar-refractivity contribution in [2.75, 3.05) is 13.2 Å². The van der Waals surface area contributed by atoms with Crippen LogP contribution in [0.3, 0.4) is 0 Å². The number of ether oxygens (including phenoxy) is 1. The van der Waals surface area contributed by atoms with Crippen LogP contribution in [0.5, 0.6) is 5.75 Å². The van der Waals surface area contributed by atoms with Gasteiger partial charge in [0.2, 0.25) is 0 Å². The molecule has 1 rings (SSSR count). The molecule has 92 valence electrons. The zero-order chi connectivity index (χ0) is 12.8. The van der Waals surface area contributed by atoms with Gasteiger partial charge in [0.15, 0.2) is 0 Å². The first-order chi connectivity index (χ1) is 8.00. The van der Waals surface area contributed by atoms with Crippen LogP contribution < -0.4 is 11.1 Å². The molecular formula is C11H14N2O4. The molecule has 0 spiro atoms. The van der Waals surface area contributed by atoms with Crippen molar-refractivity contribution in [1.82, 2.24) is 5.32 Å². The van der Waals surface area contributed by atoms with Gasteiger partial charge in [-0.15, -0.1) is 0 Å². The summed E-state index contributed by atoms with van der Waals surface area (Å²) in [5, 5.41) is 11.8. The summed E-state index contributed by atoms with van der Waals surface area (Å²) in [6.45, 7) is 1.90. The number of benzene rings is 1. The van der Waals surface area contributed by atoms with Crippen LogP contribution in [-0.4, -0.2) is 30.3 Å². The number of carbonyl (C=O) groups is 2. The van der Waals surface area contributed by atoms with E-state index in [2.05, 4.69) is 10.1 Å². The van der Waals surface area contributed by atoms with Crippen molar-refractivity contribution in [1.29, 1.82) is 0 Å². The van der Waals surface area contributed by atoms with E-state index in [0.29, 0.717) is 11.1 Å². The highest BCUT2D eigenvalue weighted by molar-refractivity contribution is 5.94. The molecule has 0 heterocycles. The smallest absolute Gasteiger partial charge is 0.404 e. The number of aromatic hydroxyl groups is 1. The first-order valence-electron chi connectivity index (χ1n) is 5.00. The Morgan fingerprint density at radius 2 is 2.18 bits per heavy atom. The third-order valence-electron chi connectivity index (χ3n) is 2.09. The van der Waals surface area contributed by atoms with Crippen LogP contribution in [0.4, 0.5) is 4.79 Å². The number of primary amides is 1. The summed E-state index contributed by atoms with van der Waals surface area (Å²) in [5.74, 6) is -0.167. The maximum atomic E-state index is 11.6. The van der Waals surface area contributed by atoms with Gasteiger partial charge in [-0.25, -0.2) is 4.79 Å². The molecule has 0 unspecified atom stereocenters. The summed E-state index contributed by atoms with van der Waals surface area (Å²) < 4.78 is 4.46. The molecule has 17 heavy (non-hydrogen) atoms. The van der Waals surface area contributed by atoms with Crippen molar-refractivity contribution < 1.29 is 19.4 Å². The minimum Gasteiger partial charge on any atom is -0.508 e. The van der Waals surface area contributed by atoms with E-state index >= 15 is 0 Å². The quantitative estimate of drug-likeness (QED) is 0.666. The van der Waals surface area contributed by atoms with Crippen LogP contribution in [0.1, 0.15) is 15.9 Å². The number of carbonyl (C=O) groups excluding carboxylic acids is 2. The van der Waals surface area contributed by atoms with E-state index in [9.17, 15) is 14.7 Å². The van der Waals surface area contributed by atoms with Crippen molar-refractivity contribution in [2.24, 2.45) is 5.73 Å². The van der Waals surface area contributed by atoms with Crippen molar-refractivity contribution in [3.8, 4) is 5.75 Å². The van der Waals surface area contributed by atoms with Crippen LogP contribution >= 0.6 is 0 Å². The third-order valence-corrected chi connectivity index (χ3v) is 2.09. The molecule has 0 radical (unpaired) electrons. The first kappa shape index (κ1) is 12.8. The molecule has 1 aromatic carbocycles. The average Bonchev–Trinajstić information content (AvgIpc) is 2.27. The zero-order valence-electron chi connectivity index (χ0n) is 9.40. The van der Waals surface area contributed by atoms with E-state index in [-0.39, 0.29) is 24.8 Å². The average molecular weight is 238 g/mol. The Labute approximate surface area is 98.4 Å². The number of hydrogen-bond donors (Lipinski definition) is 3. The molecule has 4 N–H and O–H groups in total. The molecule has 0 aliphatic carbocycles. The molecule has 0 aliphatic heterocycles. The fraction of sp³-hybridized carbons (Fsp3) is 0.273.